The van der Waals surface area contributed by atoms with Crippen LogP contribution >= 0.6 is 11.3 Å². The highest BCUT2D eigenvalue weighted by Gasteiger charge is 2.17. The number of aryl methyl sites for hydroxylation is 2. The molecule has 0 bridgehead atoms. The number of nitrogens with one attached hydrogen (secondary N) is 1. The highest BCUT2D eigenvalue weighted by Crippen LogP contribution is 2.28. The Labute approximate surface area is 189 Å². The lowest BCUT2D eigenvalue weighted by atomic mass is 10.1. The zero-order valence-corrected chi connectivity index (χ0v) is 18.8. The molecular formula is C25H23N5OS. The van der Waals surface area contributed by atoms with Crippen LogP contribution in [-0.4, -0.2) is 18.9 Å². The Hall–Kier alpha value is -3.58. The Bertz CT molecular complexity index is 1560. The molecule has 1 aromatic carbocycles. The Morgan fingerprint density at radius 1 is 1.06 bits per heavy atom. The number of benzene rings is 1. The second-order valence-corrected chi connectivity index (χ2v) is 8.71. The summed E-state index contributed by atoms with van der Waals surface area (Å²) in [5.74, 6) is 0. The van der Waals surface area contributed by atoms with Crippen LogP contribution in [0.5, 0.6) is 0 Å². The molecule has 1 N–H and O–H groups in total. The van der Waals surface area contributed by atoms with Crippen LogP contribution in [0.15, 0.2) is 64.9 Å². The number of aromatic nitrogens is 4. The van der Waals surface area contributed by atoms with E-state index in [2.05, 4.69) is 6.92 Å². The van der Waals surface area contributed by atoms with Crippen molar-refractivity contribution in [2.24, 2.45) is 0 Å². The maximum atomic E-state index is 13.4. The monoisotopic (exact) mass is 441 g/mol. The molecule has 0 saturated carbocycles. The van der Waals surface area contributed by atoms with Crippen molar-refractivity contribution in [3.8, 4) is 21.8 Å². The zero-order valence-electron chi connectivity index (χ0n) is 18.0. The van der Waals surface area contributed by atoms with E-state index >= 15 is 0 Å². The highest BCUT2D eigenvalue weighted by molar-refractivity contribution is 7.13. The molecule has 0 atom stereocenters. The second kappa shape index (κ2) is 8.16. The van der Waals surface area contributed by atoms with E-state index in [4.69, 9.17) is 15.4 Å². The van der Waals surface area contributed by atoms with Gasteiger partial charge in [-0.3, -0.25) is 14.6 Å². The third-order valence-corrected chi connectivity index (χ3v) is 6.55. The summed E-state index contributed by atoms with van der Waals surface area (Å²) < 4.78 is 3.46. The van der Waals surface area contributed by atoms with Gasteiger partial charge in [-0.15, -0.1) is 11.3 Å². The first kappa shape index (κ1) is 20.3. The summed E-state index contributed by atoms with van der Waals surface area (Å²) in [5.41, 5.74) is 4.89. The standard InChI is InChI=1S/C25H23N5OS/c1-3-4-12-29-21(26)18(24-27-20(15-32-24)17-10-6-5-7-11-17)14-19-23(29)28-22-16(2)9-8-13-30(22)25(19)31/h5-11,13-15,26H,3-4,12H2,1-2H3. The fourth-order valence-electron chi connectivity index (χ4n) is 3.93. The van der Waals surface area contributed by atoms with E-state index in [0.29, 0.717) is 34.3 Å². The summed E-state index contributed by atoms with van der Waals surface area (Å²) in [7, 11) is 0. The van der Waals surface area contributed by atoms with Crippen molar-refractivity contribution in [3.63, 3.8) is 0 Å². The molecule has 5 rings (SSSR count). The van der Waals surface area contributed by atoms with Crippen molar-refractivity contribution in [3.05, 3.63) is 81.5 Å². The molecule has 4 aromatic heterocycles. The molecular weight excluding hydrogens is 418 g/mol. The van der Waals surface area contributed by atoms with Crippen LogP contribution in [0.4, 0.5) is 0 Å². The first-order valence-electron chi connectivity index (χ1n) is 10.7. The van der Waals surface area contributed by atoms with Gasteiger partial charge in [-0.2, -0.15) is 0 Å². The minimum absolute atomic E-state index is 0.125. The normalized spacial score (nSPS) is 11.4. The molecule has 0 radical (unpaired) electrons. The zero-order chi connectivity index (χ0) is 22.2. The lowest BCUT2D eigenvalue weighted by Gasteiger charge is -2.14. The topological polar surface area (TPSA) is 76.0 Å². The first-order chi connectivity index (χ1) is 15.6. The smallest absolute Gasteiger partial charge is 0.267 e. The molecule has 0 aliphatic rings. The Balaban J connectivity index is 1.79. The van der Waals surface area contributed by atoms with E-state index in [1.807, 2.05) is 59.3 Å². The van der Waals surface area contributed by atoms with Gasteiger partial charge >= 0.3 is 0 Å². The minimum atomic E-state index is -0.125. The van der Waals surface area contributed by atoms with Crippen molar-refractivity contribution >= 4 is 28.0 Å². The van der Waals surface area contributed by atoms with Gasteiger partial charge in [0.2, 0.25) is 0 Å². The summed E-state index contributed by atoms with van der Waals surface area (Å²) in [5, 5.41) is 12.2. The van der Waals surface area contributed by atoms with Gasteiger partial charge in [-0.05, 0) is 31.0 Å². The summed E-state index contributed by atoms with van der Waals surface area (Å²) in [6.07, 6.45) is 3.63. The van der Waals surface area contributed by atoms with E-state index in [1.165, 1.54) is 11.3 Å². The largest absolute Gasteiger partial charge is 0.310 e. The number of fused-ring (bicyclic) bond motifs is 2. The van der Waals surface area contributed by atoms with Gasteiger partial charge < -0.3 is 4.57 Å². The molecule has 4 heterocycles. The van der Waals surface area contributed by atoms with Crippen LogP contribution in [0.25, 0.3) is 38.5 Å². The predicted molar refractivity (Wildman–Crippen MR) is 129 cm³/mol. The average molecular weight is 442 g/mol. The van der Waals surface area contributed by atoms with Crippen LogP contribution < -0.4 is 11.0 Å². The lowest BCUT2D eigenvalue weighted by molar-refractivity contribution is 0.616. The molecule has 6 nitrogen and oxygen atoms in total. The van der Waals surface area contributed by atoms with Gasteiger partial charge in [-0.25, -0.2) is 9.97 Å². The van der Waals surface area contributed by atoms with Crippen LogP contribution in [0, 0.1) is 12.3 Å². The molecule has 0 spiro atoms. The lowest BCUT2D eigenvalue weighted by Crippen LogP contribution is -2.27. The minimum Gasteiger partial charge on any atom is -0.310 e. The van der Waals surface area contributed by atoms with Gasteiger partial charge in [-0.1, -0.05) is 49.7 Å². The van der Waals surface area contributed by atoms with Crippen LogP contribution in [0.2, 0.25) is 0 Å². The number of rotatable bonds is 5. The molecule has 0 unspecified atom stereocenters. The fourth-order valence-corrected chi connectivity index (χ4v) is 4.78. The van der Waals surface area contributed by atoms with Crippen molar-refractivity contribution < 1.29 is 0 Å². The highest BCUT2D eigenvalue weighted by atomic mass is 32.1. The van der Waals surface area contributed by atoms with Gasteiger partial charge in [0, 0.05) is 23.7 Å². The summed E-state index contributed by atoms with van der Waals surface area (Å²) in [6.45, 7) is 4.69. The van der Waals surface area contributed by atoms with E-state index in [0.717, 1.165) is 34.7 Å². The number of hydrogen-bond donors (Lipinski definition) is 1. The van der Waals surface area contributed by atoms with Gasteiger partial charge in [0.25, 0.3) is 5.56 Å². The molecule has 0 aliphatic heterocycles. The third kappa shape index (κ3) is 3.35. The molecule has 160 valence electrons. The Kier molecular flexibility index (Phi) is 5.19. The van der Waals surface area contributed by atoms with Crippen molar-refractivity contribution in [1.82, 2.24) is 18.9 Å². The first-order valence-corrected chi connectivity index (χ1v) is 11.6. The maximum Gasteiger partial charge on any atom is 0.267 e. The SMILES string of the molecule is CCCCn1c(=N)c(-c2nc(-c3ccccc3)cs2)cc2c(=O)n3cccc(C)c3nc21. The van der Waals surface area contributed by atoms with E-state index in [1.54, 1.807) is 16.7 Å². The molecule has 0 fully saturated rings. The van der Waals surface area contributed by atoms with E-state index in [9.17, 15) is 4.79 Å². The van der Waals surface area contributed by atoms with Crippen molar-refractivity contribution in [2.75, 3.05) is 0 Å². The summed E-state index contributed by atoms with van der Waals surface area (Å²) in [6, 6.07) is 15.6. The number of unbranched alkanes of at least 4 members (excludes halogenated alkanes) is 1. The van der Waals surface area contributed by atoms with Crippen LogP contribution in [0.1, 0.15) is 25.3 Å². The van der Waals surface area contributed by atoms with Gasteiger partial charge in [0.1, 0.15) is 21.8 Å². The van der Waals surface area contributed by atoms with Crippen molar-refractivity contribution in [1.29, 1.82) is 5.41 Å². The number of thiazole rings is 1. The molecule has 32 heavy (non-hydrogen) atoms. The quantitative estimate of drug-likeness (QED) is 0.389. The van der Waals surface area contributed by atoms with E-state index < -0.39 is 0 Å². The number of pyridine rings is 2. The number of hydrogen-bond acceptors (Lipinski definition) is 5. The summed E-state index contributed by atoms with van der Waals surface area (Å²) in [4.78, 5) is 23.0. The second-order valence-electron chi connectivity index (χ2n) is 7.85. The third-order valence-electron chi connectivity index (χ3n) is 5.67. The van der Waals surface area contributed by atoms with E-state index in [-0.39, 0.29) is 5.56 Å². The number of nitrogens with zero attached hydrogens (tertiary/aromatic N) is 4. The Morgan fingerprint density at radius 3 is 2.66 bits per heavy atom. The van der Waals surface area contributed by atoms with Gasteiger partial charge in [0.05, 0.1) is 16.6 Å². The molecule has 0 aliphatic carbocycles. The van der Waals surface area contributed by atoms with Crippen LogP contribution in [0.3, 0.4) is 0 Å². The Morgan fingerprint density at radius 2 is 1.88 bits per heavy atom. The van der Waals surface area contributed by atoms with Crippen LogP contribution in [-0.2, 0) is 6.54 Å². The average Bonchev–Trinajstić information content (AvgIpc) is 3.30. The molecule has 0 amide bonds. The van der Waals surface area contributed by atoms with Crippen molar-refractivity contribution in [2.45, 2.75) is 33.2 Å². The predicted octanol–water partition coefficient (Wildman–Crippen LogP) is 5.03. The summed E-state index contributed by atoms with van der Waals surface area (Å²) >= 11 is 1.49. The molecule has 5 aromatic rings. The molecule has 0 saturated heterocycles. The fraction of sp³-hybridized carbons (Fsp3) is 0.200. The maximum absolute atomic E-state index is 13.4. The van der Waals surface area contributed by atoms with Gasteiger partial charge in [0.15, 0.2) is 0 Å². The molecule has 7 heteroatoms.